The van der Waals surface area contributed by atoms with Crippen LogP contribution in [0.3, 0.4) is 0 Å². The number of hydrogen-bond donors (Lipinski definition) is 3. The summed E-state index contributed by atoms with van der Waals surface area (Å²) in [6.07, 6.45) is 1.64. The van der Waals surface area contributed by atoms with Crippen LogP contribution in [0.1, 0.15) is 37.9 Å². The van der Waals surface area contributed by atoms with Crippen LogP contribution in [0.5, 0.6) is 0 Å². The largest absolute Gasteiger partial charge is 0.325 e. The molecule has 0 saturated carbocycles. The molecule has 0 radical (unpaired) electrons. The van der Waals surface area contributed by atoms with Gasteiger partial charge in [-0.2, -0.15) is 0 Å². The van der Waals surface area contributed by atoms with Crippen molar-refractivity contribution < 1.29 is 14.4 Å². The number of benzene rings is 5. The third kappa shape index (κ3) is 8.75. The number of hydrogen-bond acceptors (Lipinski definition) is 4. The van der Waals surface area contributed by atoms with Gasteiger partial charge in [-0.05, 0) is 79.1 Å². The van der Waals surface area contributed by atoms with Crippen LogP contribution in [0.2, 0.25) is 5.02 Å². The highest BCUT2D eigenvalue weighted by molar-refractivity contribution is 8.00. The molecule has 3 N–H and O–H groups in total. The Labute approximate surface area is 277 Å². The minimum atomic E-state index is -0.589. The molecule has 0 fully saturated rings. The van der Waals surface area contributed by atoms with Gasteiger partial charge in [-0.3, -0.25) is 14.4 Å². The highest BCUT2D eigenvalue weighted by Gasteiger charge is 2.23. The van der Waals surface area contributed by atoms with E-state index >= 15 is 0 Å². The fourth-order valence-corrected chi connectivity index (χ4v) is 5.80. The van der Waals surface area contributed by atoms with Gasteiger partial charge in [-0.15, -0.1) is 11.8 Å². The van der Waals surface area contributed by atoms with Gasteiger partial charge < -0.3 is 16.0 Å². The Balaban J connectivity index is 1.37. The predicted octanol–water partition coefficient (Wildman–Crippen LogP) is 8.84. The van der Waals surface area contributed by atoms with E-state index in [0.717, 1.165) is 27.1 Å². The zero-order valence-corrected chi connectivity index (χ0v) is 26.9. The number of thioether (sulfide) groups is 1. The lowest BCUT2D eigenvalue weighted by atomic mass is 10.1. The van der Waals surface area contributed by atoms with Gasteiger partial charge in [0.2, 0.25) is 5.91 Å². The van der Waals surface area contributed by atoms with Crippen molar-refractivity contribution in [3.8, 4) is 0 Å². The molecule has 5 aromatic rings. The summed E-state index contributed by atoms with van der Waals surface area (Å²) >= 11 is 7.65. The summed E-state index contributed by atoms with van der Waals surface area (Å²) in [4.78, 5) is 41.0. The first kappa shape index (κ1) is 32.3. The number of carbonyl (C=O) groups excluding carboxylic acids is 3. The second-order valence-electron chi connectivity index (χ2n) is 10.6. The fraction of sp³-hybridized carbons (Fsp3) is 0.0789. The molecule has 0 aromatic heterocycles. The Bertz CT molecular complexity index is 1880. The van der Waals surface area contributed by atoms with E-state index in [-0.39, 0.29) is 11.6 Å². The molecule has 3 amide bonds. The summed E-state index contributed by atoms with van der Waals surface area (Å²) < 4.78 is 0. The van der Waals surface area contributed by atoms with Gasteiger partial charge in [0.1, 0.15) is 10.9 Å². The van der Waals surface area contributed by atoms with Crippen LogP contribution in [-0.2, 0) is 9.59 Å². The number of anilines is 2. The molecule has 5 aromatic carbocycles. The van der Waals surface area contributed by atoms with E-state index in [1.165, 1.54) is 11.8 Å². The molecule has 6 nitrogen and oxygen atoms in total. The van der Waals surface area contributed by atoms with Crippen molar-refractivity contribution in [3.63, 3.8) is 0 Å². The van der Waals surface area contributed by atoms with E-state index in [4.69, 9.17) is 11.6 Å². The summed E-state index contributed by atoms with van der Waals surface area (Å²) in [5, 5.41) is 8.66. The van der Waals surface area contributed by atoms with Crippen molar-refractivity contribution in [2.24, 2.45) is 0 Å². The average Bonchev–Trinajstić information content (AvgIpc) is 3.07. The number of rotatable bonds is 10. The van der Waals surface area contributed by atoms with Gasteiger partial charge in [-0.25, -0.2) is 0 Å². The van der Waals surface area contributed by atoms with Crippen LogP contribution in [0.15, 0.2) is 138 Å². The summed E-state index contributed by atoms with van der Waals surface area (Å²) in [5.74, 6) is -1.09. The summed E-state index contributed by atoms with van der Waals surface area (Å²) in [6, 6.07) is 38.5. The highest BCUT2D eigenvalue weighted by atomic mass is 35.5. The van der Waals surface area contributed by atoms with E-state index in [9.17, 15) is 14.4 Å². The number of amides is 3. The Morgan fingerprint density at radius 3 is 2.09 bits per heavy atom. The van der Waals surface area contributed by atoms with Gasteiger partial charge >= 0.3 is 0 Å². The monoisotopic (exact) mass is 645 g/mol. The Morgan fingerprint density at radius 2 is 1.39 bits per heavy atom. The number of carbonyl (C=O) groups is 3. The molecule has 0 spiro atoms. The van der Waals surface area contributed by atoms with Crippen molar-refractivity contribution >= 4 is 58.5 Å². The van der Waals surface area contributed by atoms with Crippen LogP contribution >= 0.6 is 23.4 Å². The van der Waals surface area contributed by atoms with Crippen LogP contribution < -0.4 is 16.0 Å². The smallest absolute Gasteiger partial charge is 0.272 e. The van der Waals surface area contributed by atoms with Gasteiger partial charge in [0.25, 0.3) is 11.8 Å². The average molecular weight is 646 g/mol. The molecule has 1 atom stereocenters. The van der Waals surface area contributed by atoms with Gasteiger partial charge in [0, 0.05) is 26.9 Å². The van der Waals surface area contributed by atoms with Crippen LogP contribution in [-0.4, -0.2) is 17.7 Å². The highest BCUT2D eigenvalue weighted by Crippen LogP contribution is 2.37. The van der Waals surface area contributed by atoms with Crippen LogP contribution in [0.4, 0.5) is 11.4 Å². The third-order valence-electron chi connectivity index (χ3n) is 7.04. The lowest BCUT2D eigenvalue weighted by Crippen LogP contribution is -2.30. The lowest BCUT2D eigenvalue weighted by Gasteiger charge is -2.18. The first-order chi connectivity index (χ1) is 22.2. The zero-order valence-electron chi connectivity index (χ0n) is 25.3. The quantitative estimate of drug-likeness (QED) is 0.105. The SMILES string of the molecule is Cc1ccc(/C=C(\NC(=O)c2ccccc2)C(=O)Nc2cccc(SC(C(=O)Nc3ccc(C)c(Cl)c3)c3ccccc3)c2)cc1. The van der Waals surface area contributed by atoms with Crippen molar-refractivity contribution in [2.75, 3.05) is 10.6 Å². The number of nitrogens with one attached hydrogen (secondary N) is 3. The van der Waals surface area contributed by atoms with E-state index < -0.39 is 17.1 Å². The Hall–Kier alpha value is -5.11. The second-order valence-corrected chi connectivity index (χ2v) is 12.2. The fourth-order valence-electron chi connectivity index (χ4n) is 4.53. The topological polar surface area (TPSA) is 87.3 Å². The molecule has 0 aliphatic carbocycles. The van der Waals surface area contributed by atoms with E-state index in [1.807, 2.05) is 98.8 Å². The Kier molecular flexibility index (Phi) is 10.7. The molecular formula is C38H32ClN3O3S. The zero-order chi connectivity index (χ0) is 32.5. The molecule has 0 saturated heterocycles. The minimum absolute atomic E-state index is 0.0917. The normalized spacial score (nSPS) is 11.8. The maximum absolute atomic E-state index is 13.6. The maximum atomic E-state index is 13.6. The molecule has 0 aliphatic rings. The third-order valence-corrected chi connectivity index (χ3v) is 8.70. The van der Waals surface area contributed by atoms with Gasteiger partial charge in [0.05, 0.1) is 0 Å². The van der Waals surface area contributed by atoms with E-state index in [2.05, 4.69) is 16.0 Å². The molecule has 0 aliphatic heterocycles. The molecule has 5 rings (SSSR count). The standard InChI is InChI=1S/C38H32ClN3O3S/c1-25-16-19-27(20-17-25)22-34(42-36(43)29-12-7-4-8-13-29)37(44)40-30-14-9-15-32(23-30)46-35(28-10-5-3-6-11-28)38(45)41-31-21-18-26(2)33(39)24-31/h3-24,35H,1-2H3,(H,40,44)(H,41,45)(H,42,43)/b34-22-. The first-order valence-corrected chi connectivity index (χ1v) is 15.9. The van der Waals surface area contributed by atoms with E-state index in [0.29, 0.717) is 22.0 Å². The molecule has 0 bridgehead atoms. The molecule has 1 unspecified atom stereocenters. The first-order valence-electron chi connectivity index (χ1n) is 14.6. The van der Waals surface area contributed by atoms with E-state index in [1.54, 1.807) is 48.5 Å². The number of aryl methyl sites for hydroxylation is 2. The molecular weight excluding hydrogens is 614 g/mol. The van der Waals surface area contributed by atoms with Crippen LogP contribution in [0.25, 0.3) is 6.08 Å². The Morgan fingerprint density at radius 1 is 0.717 bits per heavy atom. The van der Waals surface area contributed by atoms with Crippen LogP contribution in [0, 0.1) is 13.8 Å². The maximum Gasteiger partial charge on any atom is 0.272 e. The summed E-state index contributed by atoms with van der Waals surface area (Å²) in [7, 11) is 0. The molecule has 46 heavy (non-hydrogen) atoms. The summed E-state index contributed by atoms with van der Waals surface area (Å²) in [6.45, 7) is 3.88. The predicted molar refractivity (Wildman–Crippen MR) is 188 cm³/mol. The molecule has 8 heteroatoms. The van der Waals surface area contributed by atoms with Gasteiger partial charge in [-0.1, -0.05) is 102 Å². The van der Waals surface area contributed by atoms with Crippen molar-refractivity contribution in [3.05, 3.63) is 166 Å². The number of halogens is 1. The van der Waals surface area contributed by atoms with Crippen molar-refractivity contribution in [2.45, 2.75) is 24.0 Å². The van der Waals surface area contributed by atoms with Gasteiger partial charge in [0.15, 0.2) is 0 Å². The molecule has 230 valence electrons. The molecule has 0 heterocycles. The second kappa shape index (κ2) is 15.3. The lowest BCUT2D eigenvalue weighted by molar-refractivity contribution is -0.116. The minimum Gasteiger partial charge on any atom is -0.325 e. The summed E-state index contributed by atoms with van der Waals surface area (Å²) in [5.41, 5.74) is 5.23. The van der Waals surface area contributed by atoms with Crippen molar-refractivity contribution in [1.29, 1.82) is 0 Å². The van der Waals surface area contributed by atoms with Crippen molar-refractivity contribution in [1.82, 2.24) is 5.32 Å².